The van der Waals surface area contributed by atoms with Crippen molar-refractivity contribution in [2.24, 2.45) is 0 Å². The number of benzene rings is 2. The van der Waals surface area contributed by atoms with Crippen LogP contribution in [-0.4, -0.2) is 44.3 Å². The first-order valence-corrected chi connectivity index (χ1v) is 11.5. The summed E-state index contributed by atoms with van der Waals surface area (Å²) in [6.45, 7) is 2.91. The Hall–Kier alpha value is -2.71. The lowest BCUT2D eigenvalue weighted by atomic mass is 10.1. The molecule has 1 saturated heterocycles. The quantitative estimate of drug-likeness (QED) is 0.706. The molecule has 1 heterocycles. The van der Waals surface area contributed by atoms with Gasteiger partial charge in [0.2, 0.25) is 10.0 Å². The van der Waals surface area contributed by atoms with Crippen molar-refractivity contribution in [1.29, 1.82) is 0 Å². The first-order valence-electron chi connectivity index (χ1n) is 10.1. The highest BCUT2D eigenvalue weighted by Gasteiger charge is 2.26. The van der Waals surface area contributed by atoms with Crippen LogP contribution in [0.15, 0.2) is 53.4 Å². The predicted molar refractivity (Wildman–Crippen MR) is 114 cm³/mol. The van der Waals surface area contributed by atoms with Crippen molar-refractivity contribution < 1.29 is 22.7 Å². The summed E-state index contributed by atoms with van der Waals surface area (Å²) < 4.78 is 32.6. The van der Waals surface area contributed by atoms with Gasteiger partial charge in [0.25, 0.3) is 5.91 Å². The highest BCUT2D eigenvalue weighted by Crippen LogP contribution is 2.22. The van der Waals surface area contributed by atoms with E-state index in [0.29, 0.717) is 18.8 Å². The highest BCUT2D eigenvalue weighted by molar-refractivity contribution is 7.89. The molecule has 0 atom stereocenters. The number of para-hydroxylation sites is 1. The molecule has 160 valence electrons. The Morgan fingerprint density at radius 3 is 2.40 bits per heavy atom. The number of anilines is 1. The Kier molecular flexibility index (Phi) is 7.23. The van der Waals surface area contributed by atoms with Gasteiger partial charge in [-0.05, 0) is 50.1 Å². The van der Waals surface area contributed by atoms with Gasteiger partial charge >= 0.3 is 5.97 Å². The third kappa shape index (κ3) is 5.06. The van der Waals surface area contributed by atoms with Crippen molar-refractivity contribution in [3.63, 3.8) is 0 Å². The first-order chi connectivity index (χ1) is 14.4. The number of nitrogens with zero attached hydrogens (tertiary/aromatic N) is 1. The lowest BCUT2D eigenvalue weighted by Crippen LogP contribution is -2.32. The van der Waals surface area contributed by atoms with E-state index >= 15 is 0 Å². The summed E-state index contributed by atoms with van der Waals surface area (Å²) in [4.78, 5) is 25.0. The summed E-state index contributed by atoms with van der Waals surface area (Å²) in [5.74, 6) is -1.04. The molecule has 2 aromatic rings. The maximum Gasteiger partial charge on any atom is 0.340 e. The maximum absolute atomic E-state index is 13.0. The number of carbonyl (C=O) groups is 2. The number of rotatable bonds is 6. The number of carbonyl (C=O) groups excluding carboxylic acids is 2. The third-order valence-corrected chi connectivity index (χ3v) is 6.86. The van der Waals surface area contributed by atoms with Crippen LogP contribution in [0.3, 0.4) is 0 Å². The minimum Gasteiger partial charge on any atom is -0.462 e. The van der Waals surface area contributed by atoms with E-state index in [1.54, 1.807) is 43.3 Å². The van der Waals surface area contributed by atoms with Gasteiger partial charge in [-0.15, -0.1) is 0 Å². The number of esters is 1. The van der Waals surface area contributed by atoms with Crippen molar-refractivity contribution in [3.05, 3.63) is 59.7 Å². The number of nitrogens with one attached hydrogen (secondary N) is 1. The van der Waals surface area contributed by atoms with Gasteiger partial charge in [0.05, 0.1) is 22.8 Å². The van der Waals surface area contributed by atoms with E-state index < -0.39 is 21.9 Å². The standard InChI is InChI=1S/C22H26N2O5S/c1-2-29-22(26)19-12-5-6-13-20(19)23-21(25)17-10-9-11-18(16-17)30(27,28)24-14-7-3-4-8-15-24/h5-6,9-13,16H,2-4,7-8,14-15H2,1H3,(H,23,25). The molecule has 0 aliphatic carbocycles. The summed E-state index contributed by atoms with van der Waals surface area (Å²) in [6, 6.07) is 12.5. The van der Waals surface area contributed by atoms with Gasteiger partial charge < -0.3 is 10.1 Å². The lowest BCUT2D eigenvalue weighted by molar-refractivity contribution is 0.0527. The summed E-state index contributed by atoms with van der Waals surface area (Å²) >= 11 is 0. The van der Waals surface area contributed by atoms with Crippen molar-refractivity contribution in [2.75, 3.05) is 25.0 Å². The average Bonchev–Trinajstić information content (AvgIpc) is 3.04. The molecule has 3 rings (SSSR count). The van der Waals surface area contributed by atoms with E-state index in [1.165, 1.54) is 16.4 Å². The summed E-state index contributed by atoms with van der Waals surface area (Å²) in [5.41, 5.74) is 0.743. The summed E-state index contributed by atoms with van der Waals surface area (Å²) in [7, 11) is -3.66. The van der Waals surface area contributed by atoms with E-state index in [0.717, 1.165) is 25.7 Å². The molecule has 8 heteroatoms. The highest BCUT2D eigenvalue weighted by atomic mass is 32.2. The molecule has 0 bridgehead atoms. The Morgan fingerprint density at radius 2 is 1.70 bits per heavy atom. The van der Waals surface area contributed by atoms with Gasteiger partial charge in [-0.2, -0.15) is 4.31 Å². The van der Waals surface area contributed by atoms with Crippen LogP contribution in [0.1, 0.15) is 53.3 Å². The van der Waals surface area contributed by atoms with Gasteiger partial charge in [0.15, 0.2) is 0 Å². The van der Waals surface area contributed by atoms with Crippen LogP contribution in [-0.2, 0) is 14.8 Å². The second kappa shape index (κ2) is 9.86. The molecular formula is C22H26N2O5S. The minimum absolute atomic E-state index is 0.0933. The predicted octanol–water partition coefficient (Wildman–Crippen LogP) is 3.68. The molecule has 0 spiro atoms. The third-order valence-electron chi connectivity index (χ3n) is 4.97. The van der Waals surface area contributed by atoms with Gasteiger partial charge in [0, 0.05) is 18.7 Å². The second-order valence-electron chi connectivity index (χ2n) is 7.07. The SMILES string of the molecule is CCOC(=O)c1ccccc1NC(=O)c1cccc(S(=O)(=O)N2CCCCCC2)c1. The summed E-state index contributed by atoms with van der Waals surface area (Å²) in [6.07, 6.45) is 3.72. The van der Waals surface area contributed by atoms with Gasteiger partial charge in [-0.3, -0.25) is 4.79 Å². The fourth-order valence-corrected chi connectivity index (χ4v) is 4.97. The van der Waals surface area contributed by atoms with Crippen molar-refractivity contribution in [1.82, 2.24) is 4.31 Å². The molecule has 2 aromatic carbocycles. The first kappa shape index (κ1) is 22.0. The zero-order valence-electron chi connectivity index (χ0n) is 17.0. The topological polar surface area (TPSA) is 92.8 Å². The molecule has 1 N–H and O–H groups in total. The monoisotopic (exact) mass is 430 g/mol. The Bertz CT molecular complexity index is 1010. The largest absolute Gasteiger partial charge is 0.462 e. The van der Waals surface area contributed by atoms with Gasteiger partial charge in [-0.1, -0.05) is 31.0 Å². The van der Waals surface area contributed by atoms with E-state index in [9.17, 15) is 18.0 Å². The molecule has 0 radical (unpaired) electrons. The number of hydrogen-bond acceptors (Lipinski definition) is 5. The molecule has 30 heavy (non-hydrogen) atoms. The van der Waals surface area contributed by atoms with E-state index in [4.69, 9.17) is 4.74 Å². The molecule has 1 aliphatic rings. The molecule has 0 unspecified atom stereocenters. The maximum atomic E-state index is 13.0. The molecule has 0 aromatic heterocycles. The van der Waals surface area contributed by atoms with Crippen molar-refractivity contribution >= 4 is 27.6 Å². The smallest absolute Gasteiger partial charge is 0.340 e. The Balaban J connectivity index is 1.83. The number of hydrogen-bond donors (Lipinski definition) is 1. The van der Waals surface area contributed by atoms with Crippen LogP contribution in [0.2, 0.25) is 0 Å². The molecule has 1 amide bonds. The van der Waals surface area contributed by atoms with Crippen LogP contribution in [0, 0.1) is 0 Å². The van der Waals surface area contributed by atoms with Crippen molar-refractivity contribution in [2.45, 2.75) is 37.5 Å². The number of sulfonamides is 1. The average molecular weight is 431 g/mol. The van der Waals surface area contributed by atoms with E-state index in [-0.39, 0.29) is 22.6 Å². The van der Waals surface area contributed by atoms with Crippen LogP contribution in [0.25, 0.3) is 0 Å². The second-order valence-corrected chi connectivity index (χ2v) is 9.00. The van der Waals surface area contributed by atoms with Crippen molar-refractivity contribution in [3.8, 4) is 0 Å². The Morgan fingerprint density at radius 1 is 1.00 bits per heavy atom. The number of amides is 1. The van der Waals surface area contributed by atoms with E-state index in [2.05, 4.69) is 5.32 Å². The van der Waals surface area contributed by atoms with Gasteiger partial charge in [-0.25, -0.2) is 13.2 Å². The Labute approximate surface area is 177 Å². The van der Waals surface area contributed by atoms with E-state index in [1.807, 2.05) is 0 Å². The minimum atomic E-state index is -3.66. The van der Waals surface area contributed by atoms with Crippen LogP contribution in [0.4, 0.5) is 5.69 Å². The number of ether oxygens (including phenoxy) is 1. The normalized spacial score (nSPS) is 15.2. The van der Waals surface area contributed by atoms with Gasteiger partial charge in [0.1, 0.15) is 0 Å². The van der Waals surface area contributed by atoms with Crippen LogP contribution in [0.5, 0.6) is 0 Å². The fourth-order valence-electron chi connectivity index (χ4n) is 3.40. The van der Waals surface area contributed by atoms with Crippen LogP contribution < -0.4 is 5.32 Å². The summed E-state index contributed by atoms with van der Waals surface area (Å²) in [5, 5.41) is 2.69. The molecule has 7 nitrogen and oxygen atoms in total. The van der Waals surface area contributed by atoms with Crippen LogP contribution >= 0.6 is 0 Å². The zero-order chi connectivity index (χ0) is 21.6. The lowest BCUT2D eigenvalue weighted by Gasteiger charge is -2.20. The molecule has 1 fully saturated rings. The molecular weight excluding hydrogens is 404 g/mol. The fraction of sp³-hybridized carbons (Fsp3) is 0.364. The molecule has 0 saturated carbocycles. The molecule has 1 aliphatic heterocycles. The zero-order valence-corrected chi connectivity index (χ0v) is 17.8.